The van der Waals surface area contributed by atoms with E-state index >= 15 is 0 Å². The fraction of sp³-hybridized carbons (Fsp3) is 0.579. The van der Waals surface area contributed by atoms with Crippen LogP contribution in [0.1, 0.15) is 36.6 Å². The maximum absolute atomic E-state index is 4.69. The van der Waals surface area contributed by atoms with Gasteiger partial charge in [-0.3, -0.25) is 0 Å². The highest BCUT2D eigenvalue weighted by molar-refractivity contribution is 5.41. The normalized spacial score (nSPS) is 18.3. The van der Waals surface area contributed by atoms with Crippen molar-refractivity contribution in [3.05, 3.63) is 42.1 Å². The number of piperidine rings is 1. The van der Waals surface area contributed by atoms with E-state index in [1.54, 1.807) is 0 Å². The maximum atomic E-state index is 4.69. The molecule has 2 aromatic rings. The molecular weight excluding hydrogens is 298 g/mol. The number of aromatic nitrogens is 3. The number of hydrogen-bond donors (Lipinski definition) is 0. The number of imidazole rings is 1. The molecule has 3 heterocycles. The molecule has 0 saturated carbocycles. The predicted molar refractivity (Wildman–Crippen MR) is 98.6 cm³/mol. The molecule has 24 heavy (non-hydrogen) atoms. The summed E-state index contributed by atoms with van der Waals surface area (Å²) in [4.78, 5) is 13.9. The largest absolute Gasteiger partial charge is 0.356 e. The zero-order valence-corrected chi connectivity index (χ0v) is 15.1. The van der Waals surface area contributed by atoms with Crippen molar-refractivity contribution in [2.45, 2.75) is 38.6 Å². The molecule has 1 aliphatic heterocycles. The molecule has 2 aromatic heterocycles. The first-order valence-corrected chi connectivity index (χ1v) is 8.97. The second-order valence-electron chi connectivity index (χ2n) is 7.11. The van der Waals surface area contributed by atoms with E-state index in [0.29, 0.717) is 5.92 Å². The van der Waals surface area contributed by atoms with E-state index in [4.69, 9.17) is 0 Å². The van der Waals surface area contributed by atoms with E-state index < -0.39 is 0 Å². The lowest BCUT2D eigenvalue weighted by molar-refractivity contribution is 0.380. The van der Waals surface area contributed by atoms with Gasteiger partial charge in [0.25, 0.3) is 0 Å². The Kier molecular flexibility index (Phi) is 5.51. The lowest BCUT2D eigenvalue weighted by Crippen LogP contribution is -2.36. The van der Waals surface area contributed by atoms with Gasteiger partial charge in [0.1, 0.15) is 11.6 Å². The molecule has 130 valence electrons. The summed E-state index contributed by atoms with van der Waals surface area (Å²) in [5.74, 6) is 2.84. The summed E-state index contributed by atoms with van der Waals surface area (Å²) >= 11 is 0. The number of aryl methyl sites for hydroxylation is 2. The van der Waals surface area contributed by atoms with Gasteiger partial charge in [-0.25, -0.2) is 9.97 Å². The predicted octanol–water partition coefficient (Wildman–Crippen LogP) is 2.92. The van der Waals surface area contributed by atoms with Crippen molar-refractivity contribution >= 4 is 5.82 Å². The van der Waals surface area contributed by atoms with Gasteiger partial charge in [-0.15, -0.1) is 0 Å². The van der Waals surface area contributed by atoms with E-state index in [9.17, 15) is 0 Å². The third-order valence-corrected chi connectivity index (χ3v) is 4.76. The third-order valence-electron chi connectivity index (χ3n) is 4.76. The highest BCUT2D eigenvalue weighted by atomic mass is 15.2. The van der Waals surface area contributed by atoms with Crippen LogP contribution in [0, 0.1) is 6.92 Å². The number of anilines is 1. The smallest absolute Gasteiger partial charge is 0.128 e. The van der Waals surface area contributed by atoms with E-state index in [0.717, 1.165) is 38.4 Å². The van der Waals surface area contributed by atoms with E-state index in [2.05, 4.69) is 63.7 Å². The summed E-state index contributed by atoms with van der Waals surface area (Å²) in [5, 5.41) is 0. The van der Waals surface area contributed by atoms with E-state index in [-0.39, 0.29) is 0 Å². The van der Waals surface area contributed by atoms with E-state index in [1.165, 1.54) is 24.2 Å². The maximum Gasteiger partial charge on any atom is 0.128 e. The van der Waals surface area contributed by atoms with Gasteiger partial charge in [0.2, 0.25) is 0 Å². The Morgan fingerprint density at radius 3 is 2.92 bits per heavy atom. The van der Waals surface area contributed by atoms with Gasteiger partial charge >= 0.3 is 0 Å². The van der Waals surface area contributed by atoms with Gasteiger partial charge in [-0.1, -0.05) is 0 Å². The molecule has 5 heteroatoms. The van der Waals surface area contributed by atoms with Crippen molar-refractivity contribution in [3.63, 3.8) is 0 Å². The van der Waals surface area contributed by atoms with Crippen LogP contribution in [0.15, 0.2) is 30.7 Å². The molecular formula is C19H29N5. The quantitative estimate of drug-likeness (QED) is 0.817. The Morgan fingerprint density at radius 1 is 1.25 bits per heavy atom. The Balaban J connectivity index is 1.68. The minimum Gasteiger partial charge on any atom is -0.356 e. The topological polar surface area (TPSA) is 37.2 Å². The van der Waals surface area contributed by atoms with Crippen LogP contribution in [0.3, 0.4) is 0 Å². The minimum atomic E-state index is 0.496. The van der Waals surface area contributed by atoms with Crippen LogP contribution in [-0.2, 0) is 6.54 Å². The Labute approximate surface area is 145 Å². The average Bonchev–Trinajstić information content (AvgIpc) is 3.03. The second kappa shape index (κ2) is 7.79. The van der Waals surface area contributed by atoms with Crippen molar-refractivity contribution in [3.8, 4) is 0 Å². The fourth-order valence-corrected chi connectivity index (χ4v) is 3.52. The van der Waals surface area contributed by atoms with Gasteiger partial charge in [0.15, 0.2) is 0 Å². The number of rotatable bonds is 6. The van der Waals surface area contributed by atoms with Crippen LogP contribution in [0.5, 0.6) is 0 Å². The average molecular weight is 327 g/mol. The van der Waals surface area contributed by atoms with Crippen LogP contribution in [0.4, 0.5) is 5.82 Å². The molecule has 3 rings (SSSR count). The van der Waals surface area contributed by atoms with Gasteiger partial charge in [-0.2, -0.15) is 0 Å². The molecule has 5 nitrogen and oxygen atoms in total. The van der Waals surface area contributed by atoms with Crippen molar-refractivity contribution < 1.29 is 0 Å². The monoisotopic (exact) mass is 327 g/mol. The summed E-state index contributed by atoms with van der Waals surface area (Å²) in [5.41, 5.74) is 1.27. The van der Waals surface area contributed by atoms with Crippen molar-refractivity contribution in [2.24, 2.45) is 0 Å². The van der Waals surface area contributed by atoms with Gasteiger partial charge in [-0.05, 0) is 64.5 Å². The highest BCUT2D eigenvalue weighted by Gasteiger charge is 2.25. The summed E-state index contributed by atoms with van der Waals surface area (Å²) in [6.45, 7) is 6.40. The summed E-state index contributed by atoms with van der Waals surface area (Å²) < 4.78 is 2.35. The molecule has 0 bridgehead atoms. The molecule has 0 radical (unpaired) electrons. The first-order chi connectivity index (χ1) is 11.6. The first kappa shape index (κ1) is 17.0. The molecule has 0 amide bonds. The van der Waals surface area contributed by atoms with Crippen LogP contribution in [0.2, 0.25) is 0 Å². The van der Waals surface area contributed by atoms with Crippen molar-refractivity contribution in [1.29, 1.82) is 0 Å². The second-order valence-corrected chi connectivity index (χ2v) is 7.11. The Bertz CT molecular complexity index is 649. The third kappa shape index (κ3) is 4.15. The summed E-state index contributed by atoms with van der Waals surface area (Å²) in [6, 6.07) is 4.24. The first-order valence-electron chi connectivity index (χ1n) is 8.97. The lowest BCUT2D eigenvalue weighted by Gasteiger charge is -2.33. The molecule has 0 N–H and O–H groups in total. The van der Waals surface area contributed by atoms with Crippen LogP contribution >= 0.6 is 0 Å². The van der Waals surface area contributed by atoms with Gasteiger partial charge in [0, 0.05) is 44.1 Å². The fourth-order valence-electron chi connectivity index (χ4n) is 3.52. The molecule has 0 unspecified atom stereocenters. The van der Waals surface area contributed by atoms with Crippen LogP contribution in [0.25, 0.3) is 0 Å². The lowest BCUT2D eigenvalue weighted by atomic mass is 9.97. The Morgan fingerprint density at radius 2 is 2.12 bits per heavy atom. The SMILES string of the molecule is Cc1ccnc(N2CCC[C@@H](c3nccn3CCCN(C)C)C2)c1. The minimum absolute atomic E-state index is 0.496. The molecule has 0 aliphatic carbocycles. The summed E-state index contributed by atoms with van der Waals surface area (Å²) in [6.07, 6.45) is 9.57. The molecule has 0 spiro atoms. The number of nitrogens with zero attached hydrogens (tertiary/aromatic N) is 5. The van der Waals surface area contributed by atoms with Crippen LogP contribution < -0.4 is 4.90 Å². The standard InChI is InChI=1S/C19H29N5/c1-16-7-8-20-18(14-16)24-11-4-6-17(15-24)19-21-9-13-23(19)12-5-10-22(2)3/h7-9,13-14,17H,4-6,10-12,15H2,1-3H3/t17-/m1/s1. The van der Waals surface area contributed by atoms with Gasteiger partial charge in [0.05, 0.1) is 0 Å². The molecule has 1 saturated heterocycles. The Hall–Kier alpha value is -1.88. The zero-order valence-electron chi connectivity index (χ0n) is 15.1. The molecule has 0 aromatic carbocycles. The molecule has 1 fully saturated rings. The molecule has 1 aliphatic rings. The van der Waals surface area contributed by atoms with E-state index in [1.807, 2.05) is 12.4 Å². The highest BCUT2D eigenvalue weighted by Crippen LogP contribution is 2.28. The van der Waals surface area contributed by atoms with Gasteiger partial charge < -0.3 is 14.4 Å². The van der Waals surface area contributed by atoms with Crippen molar-refractivity contribution in [2.75, 3.05) is 38.6 Å². The number of pyridine rings is 1. The zero-order chi connectivity index (χ0) is 16.9. The number of hydrogen-bond acceptors (Lipinski definition) is 4. The van der Waals surface area contributed by atoms with Crippen molar-refractivity contribution in [1.82, 2.24) is 19.4 Å². The van der Waals surface area contributed by atoms with Crippen LogP contribution in [-0.4, -0.2) is 53.2 Å². The molecule has 1 atom stereocenters. The summed E-state index contributed by atoms with van der Waals surface area (Å²) in [7, 11) is 4.26.